The zero-order valence-corrected chi connectivity index (χ0v) is 11.4. The highest BCUT2D eigenvalue weighted by molar-refractivity contribution is 5.64. The van der Waals surface area contributed by atoms with Gasteiger partial charge in [0.1, 0.15) is 17.6 Å². The third kappa shape index (κ3) is 2.04. The molecule has 0 bridgehead atoms. The summed E-state index contributed by atoms with van der Waals surface area (Å²) in [5.74, 6) is 1.23. The number of ether oxygens (including phenoxy) is 1. The minimum Gasteiger partial charge on any atom is -0.492 e. The predicted octanol–water partition coefficient (Wildman–Crippen LogP) is 2.95. The predicted molar refractivity (Wildman–Crippen MR) is 75.5 cm³/mol. The van der Waals surface area contributed by atoms with Crippen LogP contribution in [0.15, 0.2) is 24.3 Å². The minimum atomic E-state index is 0.463. The molecular weight excluding hydrogens is 238 g/mol. The standard InChI is InChI=1S/C15H17N3O/c1-4-19-14-8-6-5-7-13(14)18-11(3)10(2)12(9-16)15(18)17/h5-8H,4,17H2,1-3H3. The SMILES string of the molecule is CCOc1ccccc1-n1c(C)c(C)c(C#N)c1N. The van der Waals surface area contributed by atoms with E-state index in [1.807, 2.05) is 49.6 Å². The Hall–Kier alpha value is -2.41. The number of nitrogen functional groups attached to an aromatic ring is 1. The molecule has 0 aliphatic carbocycles. The Morgan fingerprint density at radius 1 is 1.32 bits per heavy atom. The van der Waals surface area contributed by atoms with Gasteiger partial charge in [-0.05, 0) is 38.5 Å². The first-order chi connectivity index (χ1) is 9.11. The molecular formula is C15H17N3O. The summed E-state index contributed by atoms with van der Waals surface area (Å²) in [5.41, 5.74) is 9.36. The topological polar surface area (TPSA) is 64.0 Å². The summed E-state index contributed by atoms with van der Waals surface area (Å²) in [6.07, 6.45) is 0. The van der Waals surface area contributed by atoms with Gasteiger partial charge in [0.15, 0.2) is 0 Å². The smallest absolute Gasteiger partial charge is 0.143 e. The van der Waals surface area contributed by atoms with E-state index in [0.29, 0.717) is 18.0 Å². The average molecular weight is 255 g/mol. The molecule has 0 amide bonds. The van der Waals surface area contributed by atoms with E-state index >= 15 is 0 Å². The van der Waals surface area contributed by atoms with Crippen LogP contribution in [0.2, 0.25) is 0 Å². The Bertz CT molecular complexity index is 650. The Morgan fingerprint density at radius 2 is 2.00 bits per heavy atom. The summed E-state index contributed by atoms with van der Waals surface area (Å²) in [5, 5.41) is 9.18. The van der Waals surface area contributed by atoms with Crippen LogP contribution in [0.1, 0.15) is 23.7 Å². The number of anilines is 1. The van der Waals surface area contributed by atoms with Gasteiger partial charge in [-0.3, -0.25) is 4.57 Å². The fourth-order valence-electron chi connectivity index (χ4n) is 2.20. The number of nitrogens with two attached hydrogens (primary N) is 1. The lowest BCUT2D eigenvalue weighted by Gasteiger charge is -2.14. The van der Waals surface area contributed by atoms with Crippen molar-refractivity contribution >= 4 is 5.82 Å². The van der Waals surface area contributed by atoms with Gasteiger partial charge in [0.05, 0.1) is 17.9 Å². The van der Waals surface area contributed by atoms with Crippen LogP contribution in [0.4, 0.5) is 5.82 Å². The molecule has 0 atom stereocenters. The second kappa shape index (κ2) is 5.07. The van der Waals surface area contributed by atoms with Gasteiger partial charge >= 0.3 is 0 Å². The maximum Gasteiger partial charge on any atom is 0.143 e. The highest BCUT2D eigenvalue weighted by atomic mass is 16.5. The molecule has 2 N–H and O–H groups in total. The molecule has 2 aromatic rings. The maximum absolute atomic E-state index is 9.18. The Morgan fingerprint density at radius 3 is 2.58 bits per heavy atom. The fourth-order valence-corrected chi connectivity index (χ4v) is 2.20. The second-order valence-electron chi connectivity index (χ2n) is 4.32. The lowest BCUT2D eigenvalue weighted by Crippen LogP contribution is -2.05. The van der Waals surface area contributed by atoms with Crippen molar-refractivity contribution in [3.8, 4) is 17.5 Å². The zero-order valence-electron chi connectivity index (χ0n) is 11.4. The van der Waals surface area contributed by atoms with Gasteiger partial charge in [-0.1, -0.05) is 12.1 Å². The molecule has 1 heterocycles. The molecule has 4 nitrogen and oxygen atoms in total. The quantitative estimate of drug-likeness (QED) is 0.917. The average Bonchev–Trinajstić information content (AvgIpc) is 2.62. The molecule has 0 saturated carbocycles. The van der Waals surface area contributed by atoms with Crippen LogP contribution in [0.3, 0.4) is 0 Å². The van der Waals surface area contributed by atoms with Crippen molar-refractivity contribution in [1.29, 1.82) is 5.26 Å². The van der Waals surface area contributed by atoms with Gasteiger partial charge in [0, 0.05) is 5.69 Å². The molecule has 98 valence electrons. The van der Waals surface area contributed by atoms with E-state index in [9.17, 15) is 5.26 Å². The van der Waals surface area contributed by atoms with Crippen molar-refractivity contribution in [3.05, 3.63) is 41.1 Å². The van der Waals surface area contributed by atoms with E-state index in [1.54, 1.807) is 0 Å². The van der Waals surface area contributed by atoms with E-state index in [1.165, 1.54) is 0 Å². The van der Waals surface area contributed by atoms with Crippen LogP contribution >= 0.6 is 0 Å². The molecule has 0 spiro atoms. The lowest BCUT2D eigenvalue weighted by atomic mass is 10.2. The zero-order chi connectivity index (χ0) is 14.0. The molecule has 4 heteroatoms. The van der Waals surface area contributed by atoms with E-state index in [4.69, 9.17) is 10.5 Å². The molecule has 2 rings (SSSR count). The van der Waals surface area contributed by atoms with Crippen molar-refractivity contribution in [3.63, 3.8) is 0 Å². The first-order valence-corrected chi connectivity index (χ1v) is 6.21. The van der Waals surface area contributed by atoms with Gasteiger partial charge in [-0.25, -0.2) is 0 Å². The molecule has 0 unspecified atom stereocenters. The van der Waals surface area contributed by atoms with E-state index in [2.05, 4.69) is 6.07 Å². The molecule has 0 aliphatic rings. The highest BCUT2D eigenvalue weighted by Crippen LogP contribution is 2.32. The summed E-state index contributed by atoms with van der Waals surface area (Å²) >= 11 is 0. The lowest BCUT2D eigenvalue weighted by molar-refractivity contribution is 0.339. The summed E-state index contributed by atoms with van der Waals surface area (Å²) in [7, 11) is 0. The summed E-state index contributed by atoms with van der Waals surface area (Å²) in [4.78, 5) is 0. The third-order valence-corrected chi connectivity index (χ3v) is 3.27. The first-order valence-electron chi connectivity index (χ1n) is 6.21. The van der Waals surface area contributed by atoms with Gasteiger partial charge < -0.3 is 10.5 Å². The van der Waals surface area contributed by atoms with Crippen LogP contribution in [0.25, 0.3) is 5.69 Å². The number of hydrogen-bond donors (Lipinski definition) is 1. The number of aromatic nitrogens is 1. The molecule has 0 fully saturated rings. The summed E-state index contributed by atoms with van der Waals surface area (Å²) < 4.78 is 7.50. The minimum absolute atomic E-state index is 0.463. The number of nitrogens with zero attached hydrogens (tertiary/aromatic N) is 2. The van der Waals surface area contributed by atoms with Crippen LogP contribution in [0.5, 0.6) is 5.75 Å². The molecule has 19 heavy (non-hydrogen) atoms. The molecule has 1 aromatic heterocycles. The van der Waals surface area contributed by atoms with Crippen LogP contribution < -0.4 is 10.5 Å². The Labute approximate surface area is 113 Å². The van der Waals surface area contributed by atoms with E-state index < -0.39 is 0 Å². The van der Waals surface area contributed by atoms with Crippen LogP contribution in [-0.4, -0.2) is 11.2 Å². The monoisotopic (exact) mass is 255 g/mol. The number of rotatable bonds is 3. The number of para-hydroxylation sites is 2. The first kappa shape index (κ1) is 13.0. The number of nitriles is 1. The maximum atomic E-state index is 9.18. The van der Waals surface area contributed by atoms with Gasteiger partial charge in [-0.2, -0.15) is 5.26 Å². The molecule has 0 aliphatic heterocycles. The normalized spacial score (nSPS) is 10.2. The Kier molecular flexibility index (Phi) is 3.48. The van der Waals surface area contributed by atoms with Crippen molar-refractivity contribution in [2.24, 2.45) is 0 Å². The van der Waals surface area contributed by atoms with E-state index in [0.717, 1.165) is 22.7 Å². The van der Waals surface area contributed by atoms with Crippen molar-refractivity contribution in [1.82, 2.24) is 4.57 Å². The van der Waals surface area contributed by atoms with Crippen LogP contribution in [0, 0.1) is 25.2 Å². The van der Waals surface area contributed by atoms with Crippen molar-refractivity contribution in [2.75, 3.05) is 12.3 Å². The Balaban J connectivity index is 2.70. The third-order valence-electron chi connectivity index (χ3n) is 3.27. The van der Waals surface area contributed by atoms with E-state index in [-0.39, 0.29) is 0 Å². The fraction of sp³-hybridized carbons (Fsp3) is 0.267. The van der Waals surface area contributed by atoms with Crippen molar-refractivity contribution in [2.45, 2.75) is 20.8 Å². The van der Waals surface area contributed by atoms with Gasteiger partial charge in [0.25, 0.3) is 0 Å². The van der Waals surface area contributed by atoms with Crippen molar-refractivity contribution < 1.29 is 4.74 Å². The number of hydrogen-bond acceptors (Lipinski definition) is 3. The molecule has 0 radical (unpaired) electrons. The number of benzene rings is 1. The van der Waals surface area contributed by atoms with Crippen LogP contribution in [-0.2, 0) is 0 Å². The van der Waals surface area contributed by atoms with Gasteiger partial charge in [0.2, 0.25) is 0 Å². The largest absolute Gasteiger partial charge is 0.492 e. The summed E-state index contributed by atoms with van der Waals surface area (Å²) in [6.45, 7) is 6.38. The van der Waals surface area contributed by atoms with Gasteiger partial charge in [-0.15, -0.1) is 0 Å². The summed E-state index contributed by atoms with van der Waals surface area (Å²) in [6, 6.07) is 9.85. The molecule has 0 saturated heterocycles. The second-order valence-corrected chi connectivity index (χ2v) is 4.32. The molecule has 1 aromatic carbocycles. The highest BCUT2D eigenvalue weighted by Gasteiger charge is 2.18.